The summed E-state index contributed by atoms with van der Waals surface area (Å²) in [6.45, 7) is 1.81. The molecule has 15 heavy (non-hydrogen) atoms. The highest BCUT2D eigenvalue weighted by atomic mass is 35.7. The molecule has 0 amide bonds. The average Bonchev–Trinajstić information content (AvgIpc) is 2.15. The van der Waals surface area contributed by atoms with Crippen LogP contribution >= 0.6 is 10.7 Å². The summed E-state index contributed by atoms with van der Waals surface area (Å²) in [5.74, 6) is 0. The van der Waals surface area contributed by atoms with Crippen LogP contribution in [-0.2, 0) is 15.5 Å². The zero-order valence-electron chi connectivity index (χ0n) is 7.81. The van der Waals surface area contributed by atoms with Gasteiger partial charge in [0, 0.05) is 16.7 Å². The number of nitro benzene ring substituents is 1. The fourth-order valence-electron chi connectivity index (χ4n) is 1.13. The zero-order valence-corrected chi connectivity index (χ0v) is 9.38. The van der Waals surface area contributed by atoms with Gasteiger partial charge in [-0.15, -0.1) is 0 Å². The molecule has 0 fully saturated rings. The first-order valence-corrected chi connectivity index (χ1v) is 6.39. The number of aryl methyl sites for hydroxylation is 1. The van der Waals surface area contributed by atoms with Gasteiger partial charge in [-0.2, -0.15) is 0 Å². The molecular formula is C8H8ClNO4S. The van der Waals surface area contributed by atoms with Crippen LogP contribution in [0.5, 0.6) is 0 Å². The van der Waals surface area contributed by atoms with E-state index in [0.717, 1.165) is 6.07 Å². The topological polar surface area (TPSA) is 77.3 Å². The third-order valence-electron chi connectivity index (χ3n) is 1.89. The molecule has 1 aromatic rings. The number of hydrogen-bond acceptors (Lipinski definition) is 4. The minimum absolute atomic E-state index is 0.466. The SMILES string of the molecule is CCc1ccc(S(=O)(=O)Cl)c([N+](=O)[O-])c1. The summed E-state index contributed by atoms with van der Waals surface area (Å²) in [6.07, 6.45) is 0.587. The molecule has 0 heterocycles. The lowest BCUT2D eigenvalue weighted by Gasteiger charge is -2.01. The fourth-order valence-corrected chi connectivity index (χ4v) is 2.14. The van der Waals surface area contributed by atoms with Crippen LogP contribution in [0.15, 0.2) is 23.1 Å². The van der Waals surface area contributed by atoms with Crippen LogP contribution in [0.4, 0.5) is 5.69 Å². The summed E-state index contributed by atoms with van der Waals surface area (Å²) in [4.78, 5) is 9.40. The Kier molecular flexibility index (Phi) is 3.31. The number of nitrogens with zero attached hydrogens (tertiary/aromatic N) is 1. The van der Waals surface area contributed by atoms with E-state index in [-0.39, 0.29) is 0 Å². The Labute approximate surface area is 91.2 Å². The minimum Gasteiger partial charge on any atom is -0.258 e. The summed E-state index contributed by atoms with van der Waals surface area (Å²) in [7, 11) is 0.998. The molecule has 0 aliphatic heterocycles. The van der Waals surface area contributed by atoms with Crippen molar-refractivity contribution in [1.82, 2.24) is 0 Å². The molecule has 0 saturated carbocycles. The molecule has 1 aromatic carbocycles. The van der Waals surface area contributed by atoms with Gasteiger partial charge in [0.25, 0.3) is 14.7 Å². The summed E-state index contributed by atoms with van der Waals surface area (Å²) in [5.41, 5.74) is 0.204. The molecule has 0 atom stereocenters. The van der Waals surface area contributed by atoms with Gasteiger partial charge in [0.05, 0.1) is 4.92 Å². The van der Waals surface area contributed by atoms with Crippen LogP contribution in [0, 0.1) is 10.1 Å². The highest BCUT2D eigenvalue weighted by molar-refractivity contribution is 8.13. The lowest BCUT2D eigenvalue weighted by Crippen LogP contribution is -1.99. The maximum Gasteiger partial charge on any atom is 0.289 e. The molecule has 7 heteroatoms. The fraction of sp³-hybridized carbons (Fsp3) is 0.250. The van der Waals surface area contributed by atoms with Crippen LogP contribution in [0.2, 0.25) is 0 Å². The van der Waals surface area contributed by atoms with E-state index >= 15 is 0 Å². The Balaban J connectivity index is 3.48. The zero-order chi connectivity index (χ0) is 11.6. The van der Waals surface area contributed by atoms with E-state index in [4.69, 9.17) is 10.7 Å². The predicted molar refractivity (Wildman–Crippen MR) is 55.5 cm³/mol. The Morgan fingerprint density at radius 1 is 1.47 bits per heavy atom. The Hall–Kier alpha value is -1.14. The van der Waals surface area contributed by atoms with Crippen molar-refractivity contribution in [3.05, 3.63) is 33.9 Å². The van der Waals surface area contributed by atoms with Crippen molar-refractivity contribution in [2.75, 3.05) is 0 Å². The van der Waals surface area contributed by atoms with E-state index in [9.17, 15) is 18.5 Å². The van der Waals surface area contributed by atoms with Crippen molar-refractivity contribution < 1.29 is 13.3 Å². The number of halogens is 1. The summed E-state index contributed by atoms with van der Waals surface area (Å²) < 4.78 is 22.0. The van der Waals surface area contributed by atoms with E-state index in [2.05, 4.69) is 0 Å². The Morgan fingerprint density at radius 2 is 2.07 bits per heavy atom. The standard InChI is InChI=1S/C8H8ClNO4S/c1-2-6-3-4-8(15(9,13)14)7(5-6)10(11)12/h3-5H,2H2,1H3. The van der Waals surface area contributed by atoms with Gasteiger partial charge in [0.2, 0.25) is 0 Å². The third kappa shape index (κ3) is 2.66. The second-order valence-corrected chi connectivity index (χ2v) is 5.38. The average molecular weight is 250 g/mol. The maximum absolute atomic E-state index is 11.0. The molecule has 0 unspecified atom stereocenters. The van der Waals surface area contributed by atoms with E-state index < -0.39 is 24.6 Å². The number of benzene rings is 1. The smallest absolute Gasteiger partial charge is 0.258 e. The second kappa shape index (κ2) is 4.16. The molecule has 0 radical (unpaired) electrons. The van der Waals surface area contributed by atoms with Gasteiger partial charge in [0.1, 0.15) is 0 Å². The summed E-state index contributed by atoms with van der Waals surface area (Å²) in [6, 6.07) is 3.87. The van der Waals surface area contributed by atoms with Gasteiger partial charge in [-0.25, -0.2) is 8.42 Å². The van der Waals surface area contributed by atoms with Gasteiger partial charge in [-0.1, -0.05) is 13.0 Å². The van der Waals surface area contributed by atoms with Crippen molar-refractivity contribution in [3.63, 3.8) is 0 Å². The molecule has 5 nitrogen and oxygen atoms in total. The van der Waals surface area contributed by atoms with Gasteiger partial charge in [0.15, 0.2) is 4.90 Å². The van der Waals surface area contributed by atoms with E-state index in [1.165, 1.54) is 12.1 Å². The van der Waals surface area contributed by atoms with Gasteiger partial charge in [-0.3, -0.25) is 10.1 Å². The minimum atomic E-state index is -4.07. The molecule has 0 bridgehead atoms. The lowest BCUT2D eigenvalue weighted by atomic mass is 10.1. The van der Waals surface area contributed by atoms with Crippen molar-refractivity contribution in [2.24, 2.45) is 0 Å². The van der Waals surface area contributed by atoms with E-state index in [1.54, 1.807) is 0 Å². The van der Waals surface area contributed by atoms with Crippen LogP contribution in [-0.4, -0.2) is 13.3 Å². The highest BCUT2D eigenvalue weighted by Crippen LogP contribution is 2.27. The van der Waals surface area contributed by atoms with Crippen LogP contribution in [0.3, 0.4) is 0 Å². The molecule has 0 saturated heterocycles. The first-order valence-electron chi connectivity index (χ1n) is 4.08. The molecular weight excluding hydrogens is 242 g/mol. The van der Waals surface area contributed by atoms with E-state index in [1.807, 2.05) is 6.92 Å². The van der Waals surface area contributed by atoms with Crippen LogP contribution in [0.25, 0.3) is 0 Å². The first kappa shape index (κ1) is 11.9. The summed E-state index contributed by atoms with van der Waals surface area (Å²) in [5, 5.41) is 10.6. The van der Waals surface area contributed by atoms with Gasteiger partial charge < -0.3 is 0 Å². The molecule has 1 rings (SSSR count). The number of rotatable bonds is 3. The van der Waals surface area contributed by atoms with Gasteiger partial charge in [-0.05, 0) is 18.1 Å². The lowest BCUT2D eigenvalue weighted by molar-refractivity contribution is -0.387. The van der Waals surface area contributed by atoms with E-state index in [0.29, 0.717) is 12.0 Å². The summed E-state index contributed by atoms with van der Waals surface area (Å²) >= 11 is 0. The highest BCUT2D eigenvalue weighted by Gasteiger charge is 2.23. The Bertz CT molecular complexity index is 497. The first-order chi connectivity index (χ1) is 6.86. The number of nitro groups is 1. The van der Waals surface area contributed by atoms with Crippen LogP contribution in [0.1, 0.15) is 12.5 Å². The van der Waals surface area contributed by atoms with Gasteiger partial charge >= 0.3 is 0 Å². The van der Waals surface area contributed by atoms with Crippen molar-refractivity contribution in [1.29, 1.82) is 0 Å². The molecule has 0 aliphatic carbocycles. The molecule has 0 spiro atoms. The largest absolute Gasteiger partial charge is 0.289 e. The van der Waals surface area contributed by atoms with Crippen molar-refractivity contribution in [3.8, 4) is 0 Å². The van der Waals surface area contributed by atoms with Crippen LogP contribution < -0.4 is 0 Å². The maximum atomic E-state index is 11.0. The Morgan fingerprint density at radius 3 is 2.47 bits per heavy atom. The monoisotopic (exact) mass is 249 g/mol. The quantitative estimate of drug-likeness (QED) is 0.467. The molecule has 0 aromatic heterocycles. The van der Waals surface area contributed by atoms with Crippen molar-refractivity contribution >= 4 is 25.4 Å². The van der Waals surface area contributed by atoms with Crippen molar-refractivity contribution in [2.45, 2.75) is 18.2 Å². The molecule has 0 aliphatic rings. The predicted octanol–water partition coefficient (Wildman–Crippen LogP) is 2.08. The normalized spacial score (nSPS) is 11.3. The molecule has 0 N–H and O–H groups in total. The second-order valence-electron chi connectivity index (χ2n) is 2.85. The molecule has 82 valence electrons. The third-order valence-corrected chi connectivity index (χ3v) is 3.26. The number of hydrogen-bond donors (Lipinski definition) is 0.